The van der Waals surface area contributed by atoms with Gasteiger partial charge < -0.3 is 33.8 Å². The summed E-state index contributed by atoms with van der Waals surface area (Å²) in [6, 6.07) is 0. The van der Waals surface area contributed by atoms with Gasteiger partial charge in [-0.05, 0) is 43.4 Å². The van der Waals surface area contributed by atoms with Crippen molar-refractivity contribution >= 4 is 39.5 Å². The molecule has 105 heavy (non-hydrogen) atoms. The Balaban J connectivity index is 5.22. The molecule has 3 N–H and O–H groups in total. The molecule has 0 fully saturated rings. The zero-order valence-corrected chi connectivity index (χ0v) is 71.0. The Hall–Kier alpha value is -1.94. The van der Waals surface area contributed by atoms with Crippen molar-refractivity contribution in [2.75, 3.05) is 39.6 Å². The van der Waals surface area contributed by atoms with Gasteiger partial charge in [-0.3, -0.25) is 37.3 Å². The summed E-state index contributed by atoms with van der Waals surface area (Å²) < 4.78 is 68.9. The molecular formula is C86H168O17P2. The predicted molar refractivity (Wildman–Crippen MR) is 432 cm³/mol. The summed E-state index contributed by atoms with van der Waals surface area (Å²) >= 11 is 0. The van der Waals surface area contributed by atoms with Crippen LogP contribution in [0.2, 0.25) is 0 Å². The molecule has 0 amide bonds. The standard InChI is InChI=1S/C86H168O17P2/c1-8-10-11-12-13-14-15-16-17-18-19-20-21-22-23-28-31-34-40-47-55-62-69-85(90)102-81(73-96-83(88)67-60-53-46-39-33-30-27-25-24-26-29-32-37-43-50-57-64-77(3)4)75-100-104(92,93)98-71-80(87)72-99-105(94,95)101-76-82(74-97-84(89)68-61-54-49-42-44-51-58-65-78(5)6)103-86(91)70-63-56-48-41-36-35-38-45-52-59-66-79(7)9-2/h77-82,87H,8-76H2,1-7H3,(H,92,93)(H,94,95)/t79?,80-,81-,82-/m1/s1. The molecule has 0 aliphatic heterocycles. The quantitative estimate of drug-likeness (QED) is 0.0222. The number of carbonyl (C=O) groups is 4. The van der Waals surface area contributed by atoms with Crippen molar-refractivity contribution in [1.29, 1.82) is 0 Å². The van der Waals surface area contributed by atoms with Crippen molar-refractivity contribution in [2.24, 2.45) is 17.8 Å². The first kappa shape index (κ1) is 103. The normalized spacial score (nSPS) is 14.1. The van der Waals surface area contributed by atoms with Crippen molar-refractivity contribution < 1.29 is 80.2 Å². The van der Waals surface area contributed by atoms with Crippen LogP contribution in [0.15, 0.2) is 0 Å². The molecule has 19 heteroatoms. The van der Waals surface area contributed by atoms with Crippen LogP contribution in [0.3, 0.4) is 0 Å². The topological polar surface area (TPSA) is 237 Å². The molecule has 17 nitrogen and oxygen atoms in total. The summed E-state index contributed by atoms with van der Waals surface area (Å²) in [5.41, 5.74) is 0. The molecule has 0 aliphatic rings. The van der Waals surface area contributed by atoms with Crippen molar-refractivity contribution in [3.05, 3.63) is 0 Å². The SMILES string of the molecule is CCCCCCCCCCCCCCCCCCCCCCCCC(=O)O[C@H](COC(=O)CCCCCCCCCCCCCCCCCCC(C)C)COP(=O)(O)OC[C@@H](O)COP(=O)(O)OC[C@@H](COC(=O)CCCCCCCCCC(C)C)OC(=O)CCCCCCCCCCCCC(C)CC. The highest BCUT2D eigenvalue weighted by Crippen LogP contribution is 2.45. The van der Waals surface area contributed by atoms with Gasteiger partial charge >= 0.3 is 39.5 Å². The summed E-state index contributed by atoms with van der Waals surface area (Å²) in [5.74, 6) is 0.213. The van der Waals surface area contributed by atoms with E-state index in [-0.39, 0.29) is 25.7 Å². The zero-order valence-electron chi connectivity index (χ0n) is 69.2. The molecule has 0 spiro atoms. The number of hydrogen-bond donors (Lipinski definition) is 3. The van der Waals surface area contributed by atoms with Crippen LogP contribution in [0.1, 0.15) is 453 Å². The number of aliphatic hydroxyl groups excluding tert-OH is 1. The van der Waals surface area contributed by atoms with Crippen LogP contribution < -0.4 is 0 Å². The lowest BCUT2D eigenvalue weighted by Gasteiger charge is -2.21. The smallest absolute Gasteiger partial charge is 0.462 e. The van der Waals surface area contributed by atoms with Gasteiger partial charge in [-0.15, -0.1) is 0 Å². The van der Waals surface area contributed by atoms with Gasteiger partial charge in [0.25, 0.3) is 0 Å². The molecule has 0 radical (unpaired) electrons. The van der Waals surface area contributed by atoms with Gasteiger partial charge in [0.05, 0.1) is 26.4 Å². The van der Waals surface area contributed by atoms with E-state index in [0.717, 1.165) is 108 Å². The van der Waals surface area contributed by atoms with E-state index in [4.69, 9.17) is 37.0 Å². The molecule has 0 aromatic rings. The minimum atomic E-state index is -4.97. The van der Waals surface area contributed by atoms with Gasteiger partial charge in [0, 0.05) is 25.7 Å². The number of aliphatic hydroxyl groups is 1. The maximum absolute atomic E-state index is 13.1. The highest BCUT2D eigenvalue weighted by molar-refractivity contribution is 7.47. The average Bonchev–Trinajstić information content (AvgIpc) is 0.914. The minimum Gasteiger partial charge on any atom is -0.462 e. The van der Waals surface area contributed by atoms with Crippen LogP contribution in [-0.2, 0) is 65.4 Å². The Morgan fingerprint density at radius 3 is 0.724 bits per heavy atom. The molecule has 0 bridgehead atoms. The summed E-state index contributed by atoms with van der Waals surface area (Å²) in [7, 11) is -9.93. The van der Waals surface area contributed by atoms with E-state index < -0.39 is 97.5 Å². The van der Waals surface area contributed by atoms with E-state index in [9.17, 15) is 43.2 Å². The number of ether oxygens (including phenoxy) is 4. The van der Waals surface area contributed by atoms with E-state index in [1.807, 2.05) is 0 Å². The Kier molecular flexibility index (Phi) is 74.7. The first-order chi connectivity index (χ1) is 50.8. The number of rotatable bonds is 84. The molecule has 0 aliphatic carbocycles. The molecule has 0 heterocycles. The molecule has 3 unspecified atom stereocenters. The van der Waals surface area contributed by atoms with Crippen molar-refractivity contribution in [3.63, 3.8) is 0 Å². The third kappa shape index (κ3) is 78.5. The monoisotopic (exact) mass is 1540 g/mol. The number of phosphoric acid groups is 2. The van der Waals surface area contributed by atoms with Gasteiger partial charge in [0.15, 0.2) is 12.2 Å². The lowest BCUT2D eigenvalue weighted by molar-refractivity contribution is -0.161. The van der Waals surface area contributed by atoms with Crippen LogP contribution in [0.25, 0.3) is 0 Å². The third-order valence-electron chi connectivity index (χ3n) is 20.5. The number of esters is 4. The Bertz CT molecular complexity index is 2030. The lowest BCUT2D eigenvalue weighted by Crippen LogP contribution is -2.30. The van der Waals surface area contributed by atoms with Crippen molar-refractivity contribution in [1.82, 2.24) is 0 Å². The molecular weight excluding hydrogens is 1370 g/mol. The van der Waals surface area contributed by atoms with E-state index in [2.05, 4.69) is 48.5 Å². The van der Waals surface area contributed by atoms with Gasteiger partial charge in [-0.1, -0.05) is 402 Å². The highest BCUT2D eigenvalue weighted by Gasteiger charge is 2.30. The van der Waals surface area contributed by atoms with Crippen LogP contribution in [0, 0.1) is 17.8 Å². The second kappa shape index (κ2) is 76.1. The number of hydrogen-bond acceptors (Lipinski definition) is 15. The molecule has 0 aromatic carbocycles. The minimum absolute atomic E-state index is 0.106. The second-order valence-corrected chi connectivity index (χ2v) is 35.0. The van der Waals surface area contributed by atoms with Crippen molar-refractivity contribution in [2.45, 2.75) is 471 Å². The molecule has 0 aromatic heterocycles. The van der Waals surface area contributed by atoms with Gasteiger partial charge in [-0.2, -0.15) is 0 Å². The fourth-order valence-corrected chi connectivity index (χ4v) is 14.9. The van der Waals surface area contributed by atoms with E-state index >= 15 is 0 Å². The fourth-order valence-electron chi connectivity index (χ4n) is 13.3. The summed E-state index contributed by atoms with van der Waals surface area (Å²) in [6.45, 7) is 12.0. The largest absolute Gasteiger partial charge is 0.472 e. The molecule has 0 rings (SSSR count). The maximum atomic E-state index is 13.1. The van der Waals surface area contributed by atoms with Crippen molar-refractivity contribution in [3.8, 4) is 0 Å². The third-order valence-corrected chi connectivity index (χ3v) is 22.4. The van der Waals surface area contributed by atoms with Crippen LogP contribution in [0.5, 0.6) is 0 Å². The zero-order chi connectivity index (χ0) is 77.2. The van der Waals surface area contributed by atoms with Crippen LogP contribution in [0.4, 0.5) is 0 Å². The first-order valence-corrected chi connectivity index (χ1v) is 47.4. The maximum Gasteiger partial charge on any atom is 0.472 e. The number of unbranched alkanes of at least 4 members (excludes halogenated alkanes) is 51. The summed E-state index contributed by atoms with van der Waals surface area (Å²) in [6.07, 6.45) is 66.8. The Morgan fingerprint density at radius 1 is 0.276 bits per heavy atom. The summed E-state index contributed by atoms with van der Waals surface area (Å²) in [4.78, 5) is 73.2. The lowest BCUT2D eigenvalue weighted by atomic mass is 9.99. The Labute approximate surface area is 645 Å². The van der Waals surface area contributed by atoms with Crippen LogP contribution >= 0.6 is 15.6 Å². The van der Waals surface area contributed by atoms with Crippen LogP contribution in [-0.4, -0.2) is 96.7 Å². The van der Waals surface area contributed by atoms with E-state index in [1.54, 1.807) is 0 Å². The highest BCUT2D eigenvalue weighted by atomic mass is 31.2. The fraction of sp³-hybridized carbons (Fsp3) is 0.953. The van der Waals surface area contributed by atoms with E-state index in [1.165, 1.54) is 257 Å². The molecule has 6 atom stereocenters. The molecule has 0 saturated carbocycles. The summed E-state index contributed by atoms with van der Waals surface area (Å²) in [5, 5.41) is 10.7. The Morgan fingerprint density at radius 2 is 0.486 bits per heavy atom. The van der Waals surface area contributed by atoms with E-state index in [0.29, 0.717) is 31.6 Å². The van der Waals surface area contributed by atoms with Gasteiger partial charge in [0.2, 0.25) is 0 Å². The first-order valence-electron chi connectivity index (χ1n) is 44.4. The van der Waals surface area contributed by atoms with Gasteiger partial charge in [0.1, 0.15) is 19.3 Å². The predicted octanol–water partition coefficient (Wildman–Crippen LogP) is 26.1. The second-order valence-electron chi connectivity index (χ2n) is 32.1. The average molecular weight is 1540 g/mol. The molecule has 0 saturated heterocycles. The molecule has 624 valence electrons. The number of phosphoric ester groups is 2. The van der Waals surface area contributed by atoms with Gasteiger partial charge in [-0.25, -0.2) is 9.13 Å². The number of carbonyl (C=O) groups excluding carboxylic acids is 4.